The zero-order valence-electron chi connectivity index (χ0n) is 4.63. The van der Waals surface area contributed by atoms with Crippen LogP contribution < -0.4 is 0 Å². The predicted octanol–water partition coefficient (Wildman–Crippen LogP) is 2.04. The number of hydrogen-bond donors (Lipinski definition) is 1. The quantitative estimate of drug-likeness (QED) is 0.708. The van der Waals surface area contributed by atoms with Gasteiger partial charge in [-0.3, -0.25) is 0 Å². The molecule has 0 aromatic heterocycles. The van der Waals surface area contributed by atoms with Gasteiger partial charge in [0.2, 0.25) is 0 Å². The molecule has 0 atom stereocenters. The van der Waals surface area contributed by atoms with Crippen molar-refractivity contribution in [2.24, 2.45) is 0 Å². The van der Waals surface area contributed by atoms with Crippen molar-refractivity contribution in [1.82, 2.24) is 0 Å². The molecule has 3 heteroatoms. The zero-order chi connectivity index (χ0) is 5.98. The van der Waals surface area contributed by atoms with Crippen LogP contribution in [0, 0.1) is 0 Å². The molecular formula is C6H5ClOZr. The van der Waals surface area contributed by atoms with E-state index < -0.39 is 0 Å². The maximum absolute atomic E-state index is 8.79. The van der Waals surface area contributed by atoms with Crippen LogP contribution in [0.4, 0.5) is 0 Å². The molecule has 0 fully saturated rings. The topological polar surface area (TPSA) is 20.2 Å². The van der Waals surface area contributed by atoms with Crippen LogP contribution in [0.5, 0.6) is 5.75 Å². The molecular weight excluding hydrogens is 215 g/mol. The largest absolute Gasteiger partial charge is 0.506 e. The van der Waals surface area contributed by atoms with Gasteiger partial charge in [-0.25, -0.2) is 0 Å². The molecule has 9 heavy (non-hydrogen) atoms. The molecule has 0 saturated heterocycles. The van der Waals surface area contributed by atoms with Gasteiger partial charge in [0.25, 0.3) is 0 Å². The van der Waals surface area contributed by atoms with E-state index in [1.165, 1.54) is 0 Å². The first-order chi connectivity index (χ1) is 3.80. The van der Waals surface area contributed by atoms with Crippen LogP contribution in [0.1, 0.15) is 0 Å². The van der Waals surface area contributed by atoms with Crippen molar-refractivity contribution in [1.29, 1.82) is 0 Å². The van der Waals surface area contributed by atoms with E-state index in [1.807, 2.05) is 0 Å². The van der Waals surface area contributed by atoms with Crippen LogP contribution in [-0.2, 0) is 26.2 Å². The van der Waals surface area contributed by atoms with Crippen molar-refractivity contribution < 1.29 is 31.3 Å². The second-order valence-electron chi connectivity index (χ2n) is 1.45. The Hall–Kier alpha value is 0.193. The second kappa shape index (κ2) is 4.08. The van der Waals surface area contributed by atoms with Crippen LogP contribution in [0.25, 0.3) is 0 Å². The SMILES string of the molecule is Oc1ccccc1Cl.[Zr]. The maximum atomic E-state index is 8.79. The molecule has 0 spiro atoms. The number of aromatic hydroxyl groups is 1. The molecule has 0 heterocycles. The Bertz CT molecular complexity index is 169. The summed E-state index contributed by atoms with van der Waals surface area (Å²) in [5.41, 5.74) is 0. The van der Waals surface area contributed by atoms with Crippen molar-refractivity contribution >= 4 is 11.6 Å². The minimum atomic E-state index is 0. The van der Waals surface area contributed by atoms with E-state index in [2.05, 4.69) is 0 Å². The minimum Gasteiger partial charge on any atom is -0.506 e. The third kappa shape index (κ3) is 2.51. The molecule has 1 N–H and O–H groups in total. The number of phenols is 1. The van der Waals surface area contributed by atoms with Gasteiger partial charge in [0.1, 0.15) is 5.75 Å². The average molecular weight is 220 g/mol. The van der Waals surface area contributed by atoms with Gasteiger partial charge >= 0.3 is 0 Å². The normalized spacial score (nSPS) is 8.11. The Kier molecular flexibility index (Phi) is 4.17. The summed E-state index contributed by atoms with van der Waals surface area (Å²) in [5, 5.41) is 9.18. The molecule has 1 rings (SSSR count). The third-order valence-corrected chi connectivity index (χ3v) is 1.17. The molecule has 0 amide bonds. The maximum Gasteiger partial charge on any atom is 0.134 e. The van der Waals surface area contributed by atoms with Gasteiger partial charge < -0.3 is 5.11 Å². The minimum absolute atomic E-state index is 0. The van der Waals surface area contributed by atoms with E-state index in [4.69, 9.17) is 16.7 Å². The first-order valence-corrected chi connectivity index (χ1v) is 2.62. The molecule has 0 bridgehead atoms. The molecule has 0 aliphatic rings. The van der Waals surface area contributed by atoms with Gasteiger partial charge in [-0.15, -0.1) is 0 Å². The van der Waals surface area contributed by atoms with Crippen LogP contribution >= 0.6 is 11.6 Å². The van der Waals surface area contributed by atoms with Gasteiger partial charge in [-0.1, -0.05) is 23.7 Å². The van der Waals surface area contributed by atoms with Gasteiger partial charge in [0, 0.05) is 26.2 Å². The smallest absolute Gasteiger partial charge is 0.134 e. The predicted molar refractivity (Wildman–Crippen MR) is 33.1 cm³/mol. The van der Waals surface area contributed by atoms with Crippen molar-refractivity contribution in [2.45, 2.75) is 0 Å². The van der Waals surface area contributed by atoms with Crippen molar-refractivity contribution in [3.63, 3.8) is 0 Å². The van der Waals surface area contributed by atoms with E-state index in [0.717, 1.165) is 0 Å². The van der Waals surface area contributed by atoms with Crippen LogP contribution in [0.2, 0.25) is 5.02 Å². The fraction of sp³-hybridized carbons (Fsp3) is 0. The summed E-state index contributed by atoms with van der Waals surface area (Å²) in [6, 6.07) is 6.67. The summed E-state index contributed by atoms with van der Waals surface area (Å²) in [5.74, 6) is 0.133. The van der Waals surface area contributed by atoms with Crippen LogP contribution in [0.3, 0.4) is 0 Å². The van der Waals surface area contributed by atoms with Gasteiger partial charge in [-0.2, -0.15) is 0 Å². The Morgan fingerprint density at radius 2 is 1.78 bits per heavy atom. The molecule has 46 valence electrons. The number of rotatable bonds is 0. The zero-order valence-corrected chi connectivity index (χ0v) is 7.85. The fourth-order valence-corrected chi connectivity index (χ4v) is 0.587. The Labute approximate surface area is 77.8 Å². The van der Waals surface area contributed by atoms with Crippen molar-refractivity contribution in [3.8, 4) is 5.75 Å². The Balaban J connectivity index is 0.000000640. The Morgan fingerprint density at radius 1 is 1.22 bits per heavy atom. The fourth-order valence-electron chi connectivity index (χ4n) is 0.452. The molecule has 0 saturated carbocycles. The number of phenolic OH excluding ortho intramolecular Hbond substituents is 1. The van der Waals surface area contributed by atoms with Crippen LogP contribution in [0.15, 0.2) is 24.3 Å². The molecule has 1 aromatic rings. The summed E-state index contributed by atoms with van der Waals surface area (Å²) >= 11 is 5.46. The first-order valence-electron chi connectivity index (χ1n) is 2.24. The van der Waals surface area contributed by atoms with E-state index in [0.29, 0.717) is 5.02 Å². The molecule has 0 aliphatic heterocycles. The Morgan fingerprint density at radius 3 is 2.11 bits per heavy atom. The summed E-state index contributed by atoms with van der Waals surface area (Å²) in [6.07, 6.45) is 0. The average Bonchev–Trinajstić information content (AvgIpc) is 1.77. The number of benzene rings is 1. The molecule has 0 aliphatic carbocycles. The summed E-state index contributed by atoms with van der Waals surface area (Å²) in [6.45, 7) is 0. The first kappa shape index (κ1) is 9.19. The van der Waals surface area contributed by atoms with E-state index in [9.17, 15) is 0 Å². The molecule has 0 radical (unpaired) electrons. The third-order valence-electron chi connectivity index (χ3n) is 0.852. The standard InChI is InChI=1S/C6H5ClO.Zr/c7-5-3-1-2-4-6(5)8;/h1-4,8H;. The van der Waals surface area contributed by atoms with Crippen molar-refractivity contribution in [2.75, 3.05) is 0 Å². The number of halogens is 1. The van der Waals surface area contributed by atoms with E-state index >= 15 is 0 Å². The molecule has 1 nitrogen and oxygen atoms in total. The second-order valence-corrected chi connectivity index (χ2v) is 1.86. The molecule has 0 unspecified atom stereocenters. The molecule has 1 aromatic carbocycles. The van der Waals surface area contributed by atoms with Gasteiger partial charge in [0.05, 0.1) is 5.02 Å². The van der Waals surface area contributed by atoms with Gasteiger partial charge in [-0.05, 0) is 12.1 Å². The summed E-state index contributed by atoms with van der Waals surface area (Å²) in [4.78, 5) is 0. The summed E-state index contributed by atoms with van der Waals surface area (Å²) in [7, 11) is 0. The summed E-state index contributed by atoms with van der Waals surface area (Å²) < 4.78 is 0. The monoisotopic (exact) mass is 218 g/mol. The number of para-hydroxylation sites is 1. The van der Waals surface area contributed by atoms with Crippen LogP contribution in [-0.4, -0.2) is 5.11 Å². The van der Waals surface area contributed by atoms with E-state index in [-0.39, 0.29) is 32.0 Å². The van der Waals surface area contributed by atoms with Crippen molar-refractivity contribution in [3.05, 3.63) is 29.3 Å². The number of hydrogen-bond acceptors (Lipinski definition) is 1. The van der Waals surface area contributed by atoms with E-state index in [1.54, 1.807) is 24.3 Å². The van der Waals surface area contributed by atoms with Gasteiger partial charge in [0.15, 0.2) is 0 Å².